The van der Waals surface area contributed by atoms with Crippen LogP contribution in [0.25, 0.3) is 22.7 Å². The van der Waals surface area contributed by atoms with Crippen molar-refractivity contribution >= 4 is 21.5 Å². The largest absolute Gasteiger partial charge is 0.490 e. The van der Waals surface area contributed by atoms with E-state index in [1.165, 1.54) is 25.6 Å². The summed E-state index contributed by atoms with van der Waals surface area (Å²) in [6.07, 6.45) is -0.245. The number of carboxylic acids is 1. The third-order valence-corrected chi connectivity index (χ3v) is 10.2. The number of halogens is 4. The van der Waals surface area contributed by atoms with Crippen LogP contribution in [0.15, 0.2) is 50.5 Å². The lowest BCUT2D eigenvalue weighted by Gasteiger charge is -2.40. The number of hydrogen-bond donors (Lipinski definition) is 2. The van der Waals surface area contributed by atoms with Gasteiger partial charge in [-0.25, -0.2) is 27.7 Å². The molecule has 2 aliphatic rings. The Morgan fingerprint density at radius 1 is 1.17 bits per heavy atom. The average Bonchev–Trinajstić information content (AvgIpc) is 3.58. The maximum atomic E-state index is 15.2. The van der Waals surface area contributed by atoms with E-state index in [9.17, 15) is 17.4 Å². The highest BCUT2D eigenvalue weighted by atomic mass is 32.2. The summed E-state index contributed by atoms with van der Waals surface area (Å²) in [6.45, 7) is 5.34. The van der Waals surface area contributed by atoms with Crippen LogP contribution in [0.5, 0.6) is 5.88 Å². The van der Waals surface area contributed by atoms with Crippen molar-refractivity contribution in [2.24, 2.45) is 15.1 Å². The highest BCUT2D eigenvalue weighted by Gasteiger charge is 2.49. The summed E-state index contributed by atoms with van der Waals surface area (Å²) in [5.41, 5.74) is 7.01. The van der Waals surface area contributed by atoms with Crippen LogP contribution in [0.3, 0.4) is 0 Å². The third-order valence-electron chi connectivity index (χ3n) is 6.81. The van der Waals surface area contributed by atoms with Gasteiger partial charge in [0.2, 0.25) is 5.88 Å². The van der Waals surface area contributed by atoms with Crippen molar-refractivity contribution in [2.45, 2.75) is 56.1 Å². The third kappa shape index (κ3) is 6.22. The Morgan fingerprint density at radius 2 is 1.83 bits per heavy atom. The molecule has 1 aliphatic carbocycles. The summed E-state index contributed by atoms with van der Waals surface area (Å²) in [6, 6.07) is 6.35. The van der Waals surface area contributed by atoms with Crippen molar-refractivity contribution in [3.05, 3.63) is 48.0 Å². The Balaban J connectivity index is 0.000000517. The predicted octanol–water partition coefficient (Wildman–Crippen LogP) is 4.57. The van der Waals surface area contributed by atoms with Crippen molar-refractivity contribution in [1.82, 2.24) is 15.1 Å². The number of alkyl halides is 3. The van der Waals surface area contributed by atoms with Gasteiger partial charge in [-0.3, -0.25) is 4.99 Å². The van der Waals surface area contributed by atoms with Gasteiger partial charge in [-0.15, -0.1) is 0 Å². The van der Waals surface area contributed by atoms with Gasteiger partial charge < -0.3 is 20.1 Å². The molecule has 2 aromatic heterocycles. The first-order valence-corrected chi connectivity index (χ1v) is 14.2. The van der Waals surface area contributed by atoms with Crippen LogP contribution in [0.2, 0.25) is 0 Å². The Kier molecular flexibility index (Phi) is 8.06. The van der Waals surface area contributed by atoms with Gasteiger partial charge in [-0.1, -0.05) is 5.16 Å². The number of amidine groups is 1. The lowest BCUT2D eigenvalue weighted by molar-refractivity contribution is -0.192. The topological polar surface area (TPSA) is 166 Å². The first-order chi connectivity index (χ1) is 19.5. The predicted molar refractivity (Wildman–Crippen MR) is 145 cm³/mol. The van der Waals surface area contributed by atoms with E-state index in [1.807, 2.05) is 0 Å². The highest BCUT2D eigenvalue weighted by Crippen LogP contribution is 2.42. The maximum Gasteiger partial charge on any atom is 0.490 e. The van der Waals surface area contributed by atoms with E-state index in [0.717, 1.165) is 12.8 Å². The smallest absolute Gasteiger partial charge is 0.480 e. The minimum atomic E-state index is -5.08. The molecule has 16 heteroatoms. The van der Waals surface area contributed by atoms with Gasteiger partial charge in [0.1, 0.15) is 33.3 Å². The lowest BCUT2D eigenvalue weighted by atomic mass is 9.91. The fourth-order valence-corrected chi connectivity index (χ4v) is 6.81. The van der Waals surface area contributed by atoms with Crippen LogP contribution >= 0.6 is 0 Å². The van der Waals surface area contributed by atoms with Gasteiger partial charge >= 0.3 is 12.1 Å². The van der Waals surface area contributed by atoms with E-state index in [-0.39, 0.29) is 23.2 Å². The van der Waals surface area contributed by atoms with E-state index in [2.05, 4.69) is 24.5 Å². The van der Waals surface area contributed by atoms with E-state index in [1.54, 1.807) is 39.0 Å². The molecule has 1 aliphatic heterocycles. The number of ether oxygens (including phenoxy) is 1. The fraction of sp³-hybridized carbons (Fsp3) is 0.423. The molecule has 1 saturated carbocycles. The molecule has 1 fully saturated rings. The molecule has 5 rings (SSSR count). The zero-order valence-corrected chi connectivity index (χ0v) is 23.8. The molecule has 2 atom stereocenters. The number of carbonyl (C=O) groups is 1. The van der Waals surface area contributed by atoms with Crippen molar-refractivity contribution in [2.75, 3.05) is 12.9 Å². The number of aromatic nitrogens is 3. The maximum absolute atomic E-state index is 15.2. The van der Waals surface area contributed by atoms with Gasteiger partial charge in [0, 0.05) is 17.2 Å². The number of carboxylic acid groups (broad SMARTS) is 1. The standard InChI is InChI=1S/C24H27FN6O3S.C2HF3O2/c1-23(2)22(26)29-24(3,13-35(23,32)31-15-6-7-15)16-9-14(5-8-17(16)25)20-10-18(30-34-20)19-11-28-21(33-4)12-27-19;3-2(4,5)1(6)7/h5,8-12,15H,6-7,13H2,1-4H3,(H2,26,29);(H,6,7)/t24-,35?;/m0./s1. The van der Waals surface area contributed by atoms with Gasteiger partial charge in [-0.05, 0) is 51.8 Å². The molecule has 3 N–H and O–H groups in total. The monoisotopic (exact) mass is 612 g/mol. The molecule has 1 unspecified atom stereocenters. The summed E-state index contributed by atoms with van der Waals surface area (Å²) >= 11 is 0. The van der Waals surface area contributed by atoms with E-state index >= 15 is 4.39 Å². The number of hydrogen-bond acceptors (Lipinski definition) is 10. The summed E-state index contributed by atoms with van der Waals surface area (Å²) in [7, 11) is -1.29. The lowest BCUT2D eigenvalue weighted by Crippen LogP contribution is -2.55. The number of rotatable bonds is 5. The Morgan fingerprint density at radius 3 is 2.38 bits per heavy atom. The zero-order valence-electron chi connectivity index (χ0n) is 23.0. The molecule has 11 nitrogen and oxygen atoms in total. The molecule has 226 valence electrons. The quantitative estimate of drug-likeness (QED) is 0.392. The summed E-state index contributed by atoms with van der Waals surface area (Å²) < 4.78 is 75.3. The SMILES string of the molecule is COc1cnc(-c2cc(-c3ccc(F)c([C@]4(C)CS(=O)(=NC5CC5)C(C)(C)C(N)=N4)c3)on2)cn1.O=C(O)C(F)(F)F. The average molecular weight is 613 g/mol. The van der Waals surface area contributed by atoms with Crippen molar-refractivity contribution in [1.29, 1.82) is 0 Å². The molecule has 1 aromatic carbocycles. The van der Waals surface area contributed by atoms with Crippen molar-refractivity contribution in [3.63, 3.8) is 0 Å². The summed E-state index contributed by atoms with van der Waals surface area (Å²) in [5.74, 6) is -2.14. The van der Waals surface area contributed by atoms with Crippen LogP contribution in [-0.4, -0.2) is 66.1 Å². The van der Waals surface area contributed by atoms with E-state index < -0.39 is 38.0 Å². The van der Waals surface area contributed by atoms with Gasteiger partial charge in [0.15, 0.2) is 5.76 Å². The van der Waals surface area contributed by atoms with E-state index in [0.29, 0.717) is 28.6 Å². The Hall–Kier alpha value is -4.08. The number of nitrogens with zero attached hydrogens (tertiary/aromatic N) is 5. The number of aliphatic carboxylic acids is 1. The summed E-state index contributed by atoms with van der Waals surface area (Å²) in [5, 5.41) is 11.2. The number of aliphatic imine (C=N–C) groups is 1. The number of nitrogens with two attached hydrogens (primary N) is 1. The molecule has 0 spiro atoms. The first kappa shape index (κ1) is 30.9. The molecule has 3 heterocycles. The van der Waals surface area contributed by atoms with Crippen molar-refractivity contribution in [3.8, 4) is 28.6 Å². The van der Waals surface area contributed by atoms with Crippen LogP contribution in [0.4, 0.5) is 17.6 Å². The number of benzene rings is 1. The van der Waals surface area contributed by atoms with E-state index in [4.69, 9.17) is 24.9 Å². The molecule has 0 radical (unpaired) electrons. The second-order valence-electron chi connectivity index (χ2n) is 10.4. The van der Waals surface area contributed by atoms with Crippen LogP contribution in [0.1, 0.15) is 39.2 Å². The second-order valence-corrected chi connectivity index (χ2v) is 13.2. The fourth-order valence-electron chi connectivity index (χ4n) is 4.06. The highest BCUT2D eigenvalue weighted by molar-refractivity contribution is 7.95. The minimum absolute atomic E-state index is 0.0711. The normalized spacial score (nSPS) is 23.3. The minimum Gasteiger partial charge on any atom is -0.480 e. The summed E-state index contributed by atoms with van der Waals surface area (Å²) in [4.78, 5) is 22.0. The van der Waals surface area contributed by atoms with Crippen LogP contribution in [0, 0.1) is 5.82 Å². The van der Waals surface area contributed by atoms with Gasteiger partial charge in [-0.2, -0.15) is 13.2 Å². The van der Waals surface area contributed by atoms with Crippen LogP contribution < -0.4 is 10.5 Å². The zero-order chi connectivity index (χ0) is 31.1. The molecule has 3 aromatic rings. The molecule has 0 amide bonds. The molecule has 0 bridgehead atoms. The second kappa shape index (κ2) is 11.0. The van der Waals surface area contributed by atoms with Crippen molar-refractivity contribution < 1.29 is 40.9 Å². The Bertz CT molecular complexity index is 1640. The van der Waals surface area contributed by atoms with Crippen LogP contribution in [-0.2, 0) is 20.1 Å². The molecular weight excluding hydrogens is 584 g/mol. The van der Waals surface area contributed by atoms with Gasteiger partial charge in [0.25, 0.3) is 0 Å². The Labute approximate surface area is 238 Å². The molecular formula is C26H28F4N6O5S. The first-order valence-electron chi connectivity index (χ1n) is 12.5. The molecule has 42 heavy (non-hydrogen) atoms. The van der Waals surface area contributed by atoms with Gasteiger partial charge in [0.05, 0.1) is 41.0 Å². The molecule has 0 saturated heterocycles. The number of methoxy groups -OCH3 is 1.